The van der Waals surface area contributed by atoms with Gasteiger partial charge in [0.15, 0.2) is 11.5 Å². The predicted octanol–water partition coefficient (Wildman–Crippen LogP) is 3.38. The van der Waals surface area contributed by atoms with Crippen LogP contribution < -0.4 is 5.32 Å². The number of nitrogens with one attached hydrogen (secondary N) is 1. The maximum absolute atomic E-state index is 11.9. The predicted molar refractivity (Wildman–Crippen MR) is 85.9 cm³/mol. The molecular formula is C17H15ClN2O2. The lowest BCUT2D eigenvalue weighted by molar-refractivity contribution is -0.120. The molecule has 4 nitrogen and oxygen atoms in total. The standard InChI is InChI=1S/C17H15ClN2O2/c18-13-7-5-12(6-8-13)11-16(21)19-10-9-17-20-14-3-1-2-4-15(14)22-17/h1-8H,9-11H2,(H,19,21). The van der Waals surface area contributed by atoms with Gasteiger partial charge in [-0.2, -0.15) is 0 Å². The van der Waals surface area contributed by atoms with Gasteiger partial charge in [-0.05, 0) is 29.8 Å². The van der Waals surface area contributed by atoms with E-state index in [1.54, 1.807) is 12.1 Å². The number of hydrogen-bond donors (Lipinski definition) is 1. The molecule has 3 rings (SSSR count). The molecule has 22 heavy (non-hydrogen) atoms. The van der Waals surface area contributed by atoms with E-state index in [1.807, 2.05) is 36.4 Å². The molecule has 1 aromatic heterocycles. The monoisotopic (exact) mass is 314 g/mol. The van der Waals surface area contributed by atoms with Gasteiger partial charge in [0, 0.05) is 18.0 Å². The lowest BCUT2D eigenvalue weighted by Gasteiger charge is -2.04. The van der Waals surface area contributed by atoms with Crippen LogP contribution in [0.5, 0.6) is 0 Å². The number of amides is 1. The van der Waals surface area contributed by atoms with Gasteiger partial charge in [-0.15, -0.1) is 0 Å². The van der Waals surface area contributed by atoms with E-state index in [1.165, 1.54) is 0 Å². The minimum absolute atomic E-state index is 0.0292. The molecule has 0 saturated carbocycles. The van der Waals surface area contributed by atoms with E-state index in [-0.39, 0.29) is 5.91 Å². The number of halogens is 1. The Morgan fingerprint density at radius 3 is 2.68 bits per heavy atom. The van der Waals surface area contributed by atoms with Gasteiger partial charge in [-0.25, -0.2) is 4.98 Å². The SMILES string of the molecule is O=C(Cc1ccc(Cl)cc1)NCCc1nc2ccccc2o1. The average molecular weight is 315 g/mol. The highest BCUT2D eigenvalue weighted by Crippen LogP contribution is 2.14. The smallest absolute Gasteiger partial charge is 0.224 e. The Balaban J connectivity index is 1.49. The van der Waals surface area contributed by atoms with Crippen LogP contribution in [0.2, 0.25) is 5.02 Å². The molecule has 3 aromatic rings. The van der Waals surface area contributed by atoms with Crippen LogP contribution in [0.4, 0.5) is 0 Å². The van der Waals surface area contributed by atoms with Crippen molar-refractivity contribution in [3.05, 3.63) is 65.0 Å². The number of benzene rings is 2. The van der Waals surface area contributed by atoms with Crippen LogP contribution in [-0.4, -0.2) is 17.4 Å². The van der Waals surface area contributed by atoms with Gasteiger partial charge in [-0.1, -0.05) is 35.9 Å². The van der Waals surface area contributed by atoms with Gasteiger partial charge >= 0.3 is 0 Å². The van der Waals surface area contributed by atoms with Gasteiger partial charge in [-0.3, -0.25) is 4.79 Å². The third-order valence-electron chi connectivity index (χ3n) is 3.28. The Morgan fingerprint density at radius 2 is 1.91 bits per heavy atom. The Kier molecular flexibility index (Phi) is 4.39. The van der Waals surface area contributed by atoms with Crippen molar-refractivity contribution in [2.24, 2.45) is 0 Å². The van der Waals surface area contributed by atoms with E-state index in [0.717, 1.165) is 16.7 Å². The first-order chi connectivity index (χ1) is 10.7. The zero-order chi connectivity index (χ0) is 15.4. The number of aromatic nitrogens is 1. The first kappa shape index (κ1) is 14.6. The maximum Gasteiger partial charge on any atom is 0.224 e. The van der Waals surface area contributed by atoms with Crippen molar-refractivity contribution in [2.75, 3.05) is 6.54 Å². The number of para-hydroxylation sites is 2. The van der Waals surface area contributed by atoms with Crippen molar-refractivity contribution < 1.29 is 9.21 Å². The van der Waals surface area contributed by atoms with Crippen molar-refractivity contribution in [2.45, 2.75) is 12.8 Å². The molecule has 0 aliphatic heterocycles. The topological polar surface area (TPSA) is 55.1 Å². The first-order valence-electron chi connectivity index (χ1n) is 7.06. The van der Waals surface area contributed by atoms with Crippen molar-refractivity contribution in [3.8, 4) is 0 Å². The third-order valence-corrected chi connectivity index (χ3v) is 3.53. The molecule has 0 aliphatic carbocycles. The van der Waals surface area contributed by atoms with E-state index < -0.39 is 0 Å². The molecule has 5 heteroatoms. The third kappa shape index (κ3) is 3.65. The highest BCUT2D eigenvalue weighted by Gasteiger charge is 2.07. The maximum atomic E-state index is 11.9. The molecule has 1 amide bonds. The number of carbonyl (C=O) groups is 1. The van der Waals surface area contributed by atoms with Crippen molar-refractivity contribution in [1.82, 2.24) is 10.3 Å². The second-order valence-corrected chi connectivity index (χ2v) is 5.41. The summed E-state index contributed by atoms with van der Waals surface area (Å²) in [7, 11) is 0. The fraction of sp³-hybridized carbons (Fsp3) is 0.176. The minimum atomic E-state index is -0.0292. The lowest BCUT2D eigenvalue weighted by atomic mass is 10.1. The Morgan fingerprint density at radius 1 is 1.14 bits per heavy atom. The van der Waals surface area contributed by atoms with Gasteiger partial charge in [0.2, 0.25) is 5.91 Å². The molecule has 1 heterocycles. The number of oxazole rings is 1. The molecule has 0 aliphatic rings. The number of fused-ring (bicyclic) bond motifs is 1. The van der Waals surface area contributed by atoms with Crippen LogP contribution >= 0.6 is 11.6 Å². The zero-order valence-corrected chi connectivity index (χ0v) is 12.6. The molecule has 0 fully saturated rings. The van der Waals surface area contributed by atoms with E-state index in [2.05, 4.69) is 10.3 Å². The van der Waals surface area contributed by atoms with Gasteiger partial charge < -0.3 is 9.73 Å². The van der Waals surface area contributed by atoms with Crippen LogP contribution in [0, 0.1) is 0 Å². The fourth-order valence-electron chi connectivity index (χ4n) is 2.19. The summed E-state index contributed by atoms with van der Waals surface area (Å²) >= 11 is 5.82. The second kappa shape index (κ2) is 6.62. The van der Waals surface area contributed by atoms with Crippen LogP contribution in [0.15, 0.2) is 52.9 Å². The number of rotatable bonds is 5. The van der Waals surface area contributed by atoms with Gasteiger partial charge in [0.1, 0.15) is 5.52 Å². The van der Waals surface area contributed by atoms with E-state index in [9.17, 15) is 4.79 Å². The molecule has 0 unspecified atom stereocenters. The molecule has 0 bridgehead atoms. The van der Waals surface area contributed by atoms with Crippen LogP contribution in [0.1, 0.15) is 11.5 Å². The first-order valence-corrected chi connectivity index (χ1v) is 7.44. The quantitative estimate of drug-likeness (QED) is 0.785. The summed E-state index contributed by atoms with van der Waals surface area (Å²) in [6.45, 7) is 0.499. The number of hydrogen-bond acceptors (Lipinski definition) is 3. The van der Waals surface area contributed by atoms with Crippen LogP contribution in [0.25, 0.3) is 11.1 Å². The van der Waals surface area contributed by atoms with E-state index >= 15 is 0 Å². The van der Waals surface area contributed by atoms with Gasteiger partial charge in [0.05, 0.1) is 6.42 Å². The molecule has 112 valence electrons. The summed E-state index contributed by atoms with van der Waals surface area (Å²) in [5, 5.41) is 3.53. The second-order valence-electron chi connectivity index (χ2n) is 4.98. The largest absolute Gasteiger partial charge is 0.441 e. The molecule has 0 atom stereocenters. The highest BCUT2D eigenvalue weighted by atomic mass is 35.5. The summed E-state index contributed by atoms with van der Waals surface area (Å²) in [4.78, 5) is 16.2. The highest BCUT2D eigenvalue weighted by molar-refractivity contribution is 6.30. The molecule has 1 N–H and O–H groups in total. The fourth-order valence-corrected chi connectivity index (χ4v) is 2.31. The van der Waals surface area contributed by atoms with Crippen molar-refractivity contribution in [3.63, 3.8) is 0 Å². The average Bonchev–Trinajstić information content (AvgIpc) is 2.92. The summed E-state index contributed by atoms with van der Waals surface area (Å²) in [6, 6.07) is 14.9. The van der Waals surface area contributed by atoms with Crippen LogP contribution in [-0.2, 0) is 17.6 Å². The zero-order valence-electron chi connectivity index (χ0n) is 11.9. The summed E-state index contributed by atoms with van der Waals surface area (Å²) in [5.41, 5.74) is 2.54. The summed E-state index contributed by atoms with van der Waals surface area (Å²) < 4.78 is 5.60. The minimum Gasteiger partial charge on any atom is -0.441 e. The normalized spacial score (nSPS) is 10.8. The molecule has 0 spiro atoms. The van der Waals surface area contributed by atoms with Crippen molar-refractivity contribution in [1.29, 1.82) is 0 Å². The van der Waals surface area contributed by atoms with Crippen LogP contribution in [0.3, 0.4) is 0 Å². The summed E-state index contributed by atoms with van der Waals surface area (Å²) in [6.07, 6.45) is 0.908. The number of carbonyl (C=O) groups excluding carboxylic acids is 1. The Labute approximate surface area is 133 Å². The lowest BCUT2D eigenvalue weighted by Crippen LogP contribution is -2.27. The molecule has 0 radical (unpaired) electrons. The van der Waals surface area contributed by atoms with Crippen molar-refractivity contribution >= 4 is 28.6 Å². The van der Waals surface area contributed by atoms with E-state index in [0.29, 0.717) is 30.3 Å². The molecule has 0 saturated heterocycles. The summed E-state index contributed by atoms with van der Waals surface area (Å²) in [5.74, 6) is 0.603. The molecular weight excluding hydrogens is 300 g/mol. The molecule has 2 aromatic carbocycles. The Hall–Kier alpha value is -2.33. The van der Waals surface area contributed by atoms with E-state index in [4.69, 9.17) is 16.0 Å². The number of nitrogens with zero attached hydrogens (tertiary/aromatic N) is 1. The van der Waals surface area contributed by atoms with Gasteiger partial charge in [0.25, 0.3) is 0 Å². The Bertz CT molecular complexity index is 748.